The zero-order valence-corrected chi connectivity index (χ0v) is 21.4. The molecule has 0 saturated heterocycles. The Bertz CT molecular complexity index is 2170. The van der Waals surface area contributed by atoms with Gasteiger partial charge < -0.3 is 10.3 Å². The van der Waals surface area contributed by atoms with Gasteiger partial charge in [-0.25, -0.2) is 0 Å². The second-order valence-corrected chi connectivity index (χ2v) is 10.4. The Kier molecular flexibility index (Phi) is 4.77. The fraction of sp³-hybridized carbons (Fsp3) is 0.0270. The molecule has 8 rings (SSSR count). The van der Waals surface area contributed by atoms with Gasteiger partial charge in [-0.1, -0.05) is 103 Å². The maximum absolute atomic E-state index is 6.68. The summed E-state index contributed by atoms with van der Waals surface area (Å²) in [6, 6.07) is 48.1. The van der Waals surface area contributed by atoms with Crippen LogP contribution in [0.4, 0.5) is 5.69 Å². The monoisotopic (exact) mass is 498 g/mol. The molecule has 0 bridgehead atoms. The summed E-state index contributed by atoms with van der Waals surface area (Å²) >= 11 is 0. The molecule has 0 aliphatic rings. The Labute approximate surface area is 226 Å². The van der Waals surface area contributed by atoms with Crippen LogP contribution in [0.2, 0.25) is 0 Å². The first kappa shape index (κ1) is 22.0. The molecule has 8 aromatic rings. The average Bonchev–Trinajstić information content (AvgIpc) is 3.32. The highest BCUT2D eigenvalue weighted by atomic mass is 15.0. The number of hydrogen-bond donors (Lipinski definition) is 1. The molecule has 2 heteroatoms. The van der Waals surface area contributed by atoms with Crippen molar-refractivity contribution in [1.29, 1.82) is 0 Å². The van der Waals surface area contributed by atoms with Crippen molar-refractivity contribution in [3.63, 3.8) is 0 Å². The lowest BCUT2D eigenvalue weighted by molar-refractivity contribution is 1.17. The van der Waals surface area contributed by atoms with Crippen molar-refractivity contribution in [2.24, 2.45) is 0 Å². The summed E-state index contributed by atoms with van der Waals surface area (Å²) in [7, 11) is 0. The van der Waals surface area contributed by atoms with Crippen LogP contribution >= 0.6 is 0 Å². The Hall–Kier alpha value is -5.08. The van der Waals surface area contributed by atoms with Gasteiger partial charge in [0.05, 0.1) is 16.7 Å². The molecule has 0 fully saturated rings. The van der Waals surface area contributed by atoms with Crippen molar-refractivity contribution in [2.45, 2.75) is 6.42 Å². The van der Waals surface area contributed by atoms with E-state index >= 15 is 0 Å². The highest BCUT2D eigenvalue weighted by Crippen LogP contribution is 2.39. The van der Waals surface area contributed by atoms with E-state index < -0.39 is 0 Å². The number of fused-ring (bicyclic) bond motifs is 9. The molecule has 0 unspecified atom stereocenters. The number of nitrogens with two attached hydrogens (primary N) is 1. The van der Waals surface area contributed by atoms with E-state index in [2.05, 4.69) is 132 Å². The first-order valence-electron chi connectivity index (χ1n) is 13.5. The largest absolute Gasteiger partial charge is 0.397 e. The summed E-state index contributed by atoms with van der Waals surface area (Å²) in [6.45, 7) is 0. The number of aromatic nitrogens is 1. The summed E-state index contributed by atoms with van der Waals surface area (Å²) in [5.41, 5.74) is 13.4. The zero-order chi connectivity index (χ0) is 25.9. The maximum Gasteiger partial charge on any atom is 0.0771 e. The number of anilines is 1. The third-order valence-corrected chi connectivity index (χ3v) is 8.12. The van der Waals surface area contributed by atoms with Crippen LogP contribution in [0.1, 0.15) is 11.1 Å². The van der Waals surface area contributed by atoms with Gasteiger partial charge in [-0.15, -0.1) is 0 Å². The van der Waals surface area contributed by atoms with Crippen molar-refractivity contribution in [3.05, 3.63) is 145 Å². The van der Waals surface area contributed by atoms with Crippen LogP contribution in [-0.2, 0) is 6.42 Å². The van der Waals surface area contributed by atoms with Gasteiger partial charge in [-0.3, -0.25) is 0 Å². The Morgan fingerprint density at radius 2 is 1.05 bits per heavy atom. The molecule has 39 heavy (non-hydrogen) atoms. The SMILES string of the molecule is Nc1cccc2c3cc(Cc4ccccc4)ccc3n(-c3ccc4c5ccccc5c5ccccc5c4c3)c12. The number of rotatable bonds is 3. The molecule has 0 radical (unpaired) electrons. The standard InChI is InChI=1S/C37H26N2/c38-35-16-8-15-32-34-22-25(21-24-9-2-1-3-10-24)17-20-36(34)39(37(32)35)26-18-19-31-29-13-5-4-11-27(29)28-12-6-7-14-30(28)33(31)23-26/h1-20,22-23H,21,38H2. The van der Waals surface area contributed by atoms with E-state index in [1.807, 2.05) is 6.07 Å². The van der Waals surface area contributed by atoms with Gasteiger partial charge in [0, 0.05) is 16.5 Å². The Balaban J connectivity index is 1.42. The smallest absolute Gasteiger partial charge is 0.0771 e. The van der Waals surface area contributed by atoms with E-state index in [4.69, 9.17) is 5.73 Å². The maximum atomic E-state index is 6.68. The van der Waals surface area contributed by atoms with Crippen LogP contribution in [0.25, 0.3) is 59.8 Å². The van der Waals surface area contributed by atoms with E-state index in [0.29, 0.717) is 0 Å². The summed E-state index contributed by atoms with van der Waals surface area (Å²) in [4.78, 5) is 0. The first-order valence-corrected chi connectivity index (χ1v) is 13.5. The predicted molar refractivity (Wildman–Crippen MR) is 167 cm³/mol. The molecule has 2 N–H and O–H groups in total. The molecule has 1 heterocycles. The van der Waals surface area contributed by atoms with E-state index in [9.17, 15) is 0 Å². The Morgan fingerprint density at radius 3 is 1.77 bits per heavy atom. The molecular weight excluding hydrogens is 472 g/mol. The fourth-order valence-corrected chi connectivity index (χ4v) is 6.39. The minimum Gasteiger partial charge on any atom is -0.397 e. The summed E-state index contributed by atoms with van der Waals surface area (Å²) in [5.74, 6) is 0. The topological polar surface area (TPSA) is 30.9 Å². The number of hydrogen-bond acceptors (Lipinski definition) is 1. The van der Waals surface area contributed by atoms with Gasteiger partial charge in [0.15, 0.2) is 0 Å². The van der Waals surface area contributed by atoms with Crippen molar-refractivity contribution < 1.29 is 0 Å². The lowest BCUT2D eigenvalue weighted by Crippen LogP contribution is -1.97. The second kappa shape index (κ2) is 8.47. The van der Waals surface area contributed by atoms with Crippen LogP contribution in [0.5, 0.6) is 0 Å². The van der Waals surface area contributed by atoms with E-state index in [0.717, 1.165) is 23.3 Å². The van der Waals surface area contributed by atoms with Crippen LogP contribution < -0.4 is 5.73 Å². The molecule has 1 aromatic heterocycles. The normalized spacial score (nSPS) is 11.8. The highest BCUT2D eigenvalue weighted by molar-refractivity contribution is 6.25. The molecule has 0 aliphatic carbocycles. The van der Waals surface area contributed by atoms with Crippen LogP contribution in [0.3, 0.4) is 0 Å². The van der Waals surface area contributed by atoms with Gasteiger partial charge in [-0.05, 0) is 80.2 Å². The minimum absolute atomic E-state index is 0.789. The third-order valence-electron chi connectivity index (χ3n) is 8.12. The quantitative estimate of drug-likeness (QED) is 0.191. The van der Waals surface area contributed by atoms with Crippen LogP contribution in [-0.4, -0.2) is 4.57 Å². The number of nitrogen functional groups attached to an aromatic ring is 1. The predicted octanol–water partition coefficient (Wildman–Crippen LogP) is 9.42. The van der Waals surface area contributed by atoms with Gasteiger partial charge in [0.25, 0.3) is 0 Å². The molecule has 2 nitrogen and oxygen atoms in total. The number of para-hydroxylation sites is 1. The zero-order valence-electron chi connectivity index (χ0n) is 21.4. The molecule has 184 valence electrons. The van der Waals surface area contributed by atoms with Crippen molar-refractivity contribution in [3.8, 4) is 5.69 Å². The summed E-state index contributed by atoms with van der Waals surface area (Å²) in [5, 5.41) is 10.1. The van der Waals surface area contributed by atoms with Crippen LogP contribution in [0.15, 0.2) is 133 Å². The molecule has 0 amide bonds. The molecule has 0 spiro atoms. The van der Waals surface area contributed by atoms with Gasteiger partial charge in [0.2, 0.25) is 0 Å². The lowest BCUT2D eigenvalue weighted by Gasteiger charge is -2.14. The van der Waals surface area contributed by atoms with E-state index in [-0.39, 0.29) is 0 Å². The van der Waals surface area contributed by atoms with Gasteiger partial charge >= 0.3 is 0 Å². The summed E-state index contributed by atoms with van der Waals surface area (Å²) < 4.78 is 2.34. The van der Waals surface area contributed by atoms with Crippen molar-refractivity contribution >= 4 is 59.8 Å². The Morgan fingerprint density at radius 1 is 0.436 bits per heavy atom. The minimum atomic E-state index is 0.789. The lowest BCUT2D eigenvalue weighted by atomic mass is 9.94. The third kappa shape index (κ3) is 3.35. The van der Waals surface area contributed by atoms with Gasteiger partial charge in [-0.2, -0.15) is 0 Å². The number of benzene rings is 7. The second-order valence-electron chi connectivity index (χ2n) is 10.4. The number of nitrogens with zero attached hydrogens (tertiary/aromatic N) is 1. The van der Waals surface area contributed by atoms with E-state index in [1.165, 1.54) is 59.7 Å². The van der Waals surface area contributed by atoms with Crippen LogP contribution in [0, 0.1) is 0 Å². The molecule has 0 aliphatic heterocycles. The summed E-state index contributed by atoms with van der Waals surface area (Å²) in [6.07, 6.45) is 0.904. The van der Waals surface area contributed by atoms with E-state index in [1.54, 1.807) is 0 Å². The molecule has 0 saturated carbocycles. The van der Waals surface area contributed by atoms with Crippen molar-refractivity contribution in [2.75, 3.05) is 5.73 Å². The molecule has 0 atom stereocenters. The molecule has 7 aromatic carbocycles. The highest BCUT2D eigenvalue weighted by Gasteiger charge is 2.16. The fourth-order valence-electron chi connectivity index (χ4n) is 6.39. The molecular formula is C37H26N2. The first-order chi connectivity index (χ1) is 19.3. The average molecular weight is 499 g/mol. The van der Waals surface area contributed by atoms with Crippen molar-refractivity contribution in [1.82, 2.24) is 4.57 Å². The van der Waals surface area contributed by atoms with Gasteiger partial charge in [0.1, 0.15) is 0 Å².